The van der Waals surface area contributed by atoms with Crippen LogP contribution in [0.1, 0.15) is 44.9 Å². The number of anilines is 1. The van der Waals surface area contributed by atoms with Gasteiger partial charge in [-0.3, -0.25) is 0 Å². The predicted octanol–water partition coefficient (Wildman–Crippen LogP) is 5.21. The highest BCUT2D eigenvalue weighted by Gasteiger charge is 2.09. The number of aryl methyl sites for hydroxylation is 1. The van der Waals surface area contributed by atoms with Crippen LogP contribution in [0.15, 0.2) is 48.5 Å². The smallest absolute Gasteiger partial charge is 0.142 e. The number of benzene rings is 2. The van der Waals surface area contributed by atoms with Crippen LogP contribution in [0.25, 0.3) is 0 Å². The zero-order valence-electron chi connectivity index (χ0n) is 13.4. The Morgan fingerprint density at radius 3 is 2.24 bits per heavy atom. The number of ether oxygens (including phenoxy) is 1. The second-order valence-electron chi connectivity index (χ2n) is 5.62. The van der Waals surface area contributed by atoms with E-state index in [2.05, 4.69) is 49.5 Å². The van der Waals surface area contributed by atoms with Gasteiger partial charge < -0.3 is 10.1 Å². The van der Waals surface area contributed by atoms with Gasteiger partial charge in [0.2, 0.25) is 0 Å². The van der Waals surface area contributed by atoms with Crippen LogP contribution in [0.2, 0.25) is 0 Å². The van der Waals surface area contributed by atoms with Gasteiger partial charge in [0.1, 0.15) is 5.75 Å². The lowest BCUT2D eigenvalue weighted by Crippen LogP contribution is -2.11. The van der Waals surface area contributed by atoms with E-state index >= 15 is 0 Å². The summed E-state index contributed by atoms with van der Waals surface area (Å²) in [5, 5.41) is 3.54. The minimum absolute atomic E-state index is 0.173. The van der Waals surface area contributed by atoms with Crippen LogP contribution in [0, 0.1) is 0 Å². The van der Waals surface area contributed by atoms with E-state index in [1.54, 1.807) is 0 Å². The van der Waals surface area contributed by atoms with E-state index in [4.69, 9.17) is 4.74 Å². The lowest BCUT2D eigenvalue weighted by atomic mass is 10.0. The number of para-hydroxylation sites is 2. The predicted molar refractivity (Wildman–Crippen MR) is 90.1 cm³/mol. The first-order valence-electron chi connectivity index (χ1n) is 7.71. The third kappa shape index (κ3) is 4.25. The van der Waals surface area contributed by atoms with Crippen LogP contribution in [0.4, 0.5) is 5.69 Å². The SMILES string of the molecule is CCc1ccc(C(C)Nc2ccccc2OC(C)C)cc1. The molecule has 0 amide bonds. The van der Waals surface area contributed by atoms with Crippen molar-refractivity contribution in [1.29, 1.82) is 0 Å². The van der Waals surface area contributed by atoms with E-state index in [0.29, 0.717) is 0 Å². The number of hydrogen-bond acceptors (Lipinski definition) is 2. The summed E-state index contributed by atoms with van der Waals surface area (Å²) in [4.78, 5) is 0. The maximum absolute atomic E-state index is 5.86. The third-order valence-corrected chi connectivity index (χ3v) is 3.51. The van der Waals surface area contributed by atoms with Crippen LogP contribution in [0.3, 0.4) is 0 Å². The molecule has 21 heavy (non-hydrogen) atoms. The molecular formula is C19H25NO. The fraction of sp³-hybridized carbons (Fsp3) is 0.368. The maximum Gasteiger partial charge on any atom is 0.142 e. The van der Waals surface area contributed by atoms with Gasteiger partial charge in [0.05, 0.1) is 11.8 Å². The van der Waals surface area contributed by atoms with Gasteiger partial charge in [-0.15, -0.1) is 0 Å². The van der Waals surface area contributed by atoms with Crippen molar-refractivity contribution >= 4 is 5.69 Å². The fourth-order valence-electron chi connectivity index (χ4n) is 2.30. The minimum Gasteiger partial charge on any atom is -0.489 e. The van der Waals surface area contributed by atoms with Gasteiger partial charge in [-0.25, -0.2) is 0 Å². The molecule has 2 nitrogen and oxygen atoms in total. The molecule has 0 fully saturated rings. The zero-order valence-corrected chi connectivity index (χ0v) is 13.4. The second kappa shape index (κ2) is 7.16. The summed E-state index contributed by atoms with van der Waals surface area (Å²) >= 11 is 0. The van der Waals surface area contributed by atoms with E-state index in [1.165, 1.54) is 11.1 Å². The fourth-order valence-corrected chi connectivity index (χ4v) is 2.30. The molecule has 112 valence electrons. The van der Waals surface area contributed by atoms with E-state index in [1.807, 2.05) is 32.0 Å². The Balaban J connectivity index is 2.13. The van der Waals surface area contributed by atoms with Gasteiger partial charge in [-0.2, -0.15) is 0 Å². The van der Waals surface area contributed by atoms with Gasteiger partial charge in [-0.05, 0) is 50.5 Å². The Hall–Kier alpha value is -1.96. The van der Waals surface area contributed by atoms with Crippen molar-refractivity contribution in [1.82, 2.24) is 0 Å². The van der Waals surface area contributed by atoms with Gasteiger partial charge in [-0.1, -0.05) is 43.3 Å². The maximum atomic E-state index is 5.86. The quantitative estimate of drug-likeness (QED) is 0.785. The molecule has 1 unspecified atom stereocenters. The molecule has 1 N–H and O–H groups in total. The van der Waals surface area contributed by atoms with Gasteiger partial charge in [0.25, 0.3) is 0 Å². The normalized spacial score (nSPS) is 12.2. The molecule has 0 aliphatic rings. The summed E-state index contributed by atoms with van der Waals surface area (Å²) in [5.41, 5.74) is 3.69. The lowest BCUT2D eigenvalue weighted by molar-refractivity contribution is 0.243. The number of nitrogens with one attached hydrogen (secondary N) is 1. The van der Waals surface area contributed by atoms with Crippen molar-refractivity contribution in [2.24, 2.45) is 0 Å². The van der Waals surface area contributed by atoms with Crippen molar-refractivity contribution in [2.45, 2.75) is 46.3 Å². The molecule has 2 aromatic carbocycles. The van der Waals surface area contributed by atoms with Gasteiger partial charge in [0.15, 0.2) is 0 Å². The summed E-state index contributed by atoms with van der Waals surface area (Å²) in [6.45, 7) is 8.44. The minimum atomic E-state index is 0.173. The van der Waals surface area contributed by atoms with Gasteiger partial charge >= 0.3 is 0 Å². The topological polar surface area (TPSA) is 21.3 Å². The lowest BCUT2D eigenvalue weighted by Gasteiger charge is -2.20. The molecule has 0 radical (unpaired) electrons. The van der Waals surface area contributed by atoms with Crippen LogP contribution in [0.5, 0.6) is 5.75 Å². The van der Waals surface area contributed by atoms with Crippen LogP contribution >= 0.6 is 0 Å². The molecule has 2 heteroatoms. The molecule has 2 aromatic rings. The Morgan fingerprint density at radius 1 is 0.952 bits per heavy atom. The van der Waals surface area contributed by atoms with Crippen LogP contribution in [-0.2, 0) is 6.42 Å². The molecule has 0 spiro atoms. The highest BCUT2D eigenvalue weighted by atomic mass is 16.5. The van der Waals surface area contributed by atoms with Crippen LogP contribution in [-0.4, -0.2) is 6.10 Å². The molecule has 0 aromatic heterocycles. The molecule has 2 rings (SSSR count). The molecular weight excluding hydrogens is 258 g/mol. The Kier molecular flexibility index (Phi) is 5.26. The first-order valence-corrected chi connectivity index (χ1v) is 7.71. The first-order chi connectivity index (χ1) is 10.1. The molecule has 0 aliphatic carbocycles. The zero-order chi connectivity index (χ0) is 15.2. The standard InChI is InChI=1S/C19H25NO/c1-5-16-10-12-17(13-11-16)15(4)20-18-8-6-7-9-19(18)21-14(2)3/h6-15,20H,5H2,1-4H3. The van der Waals surface area contributed by atoms with Crippen molar-refractivity contribution in [3.63, 3.8) is 0 Å². The molecule has 0 bridgehead atoms. The largest absolute Gasteiger partial charge is 0.489 e. The number of rotatable bonds is 6. The summed E-state index contributed by atoms with van der Waals surface area (Å²) in [7, 11) is 0. The Labute approximate surface area is 128 Å². The number of hydrogen-bond donors (Lipinski definition) is 1. The molecule has 1 atom stereocenters. The van der Waals surface area contributed by atoms with E-state index in [-0.39, 0.29) is 12.1 Å². The highest BCUT2D eigenvalue weighted by Crippen LogP contribution is 2.28. The van der Waals surface area contributed by atoms with Crippen LogP contribution < -0.4 is 10.1 Å². The molecule has 0 saturated heterocycles. The Morgan fingerprint density at radius 2 is 1.62 bits per heavy atom. The average molecular weight is 283 g/mol. The highest BCUT2D eigenvalue weighted by molar-refractivity contribution is 5.57. The summed E-state index contributed by atoms with van der Waals surface area (Å²) < 4.78 is 5.86. The first kappa shape index (κ1) is 15.4. The summed E-state index contributed by atoms with van der Waals surface area (Å²) in [6, 6.07) is 17.1. The summed E-state index contributed by atoms with van der Waals surface area (Å²) in [6.07, 6.45) is 1.25. The average Bonchev–Trinajstić information content (AvgIpc) is 2.49. The molecule has 0 saturated carbocycles. The Bertz CT molecular complexity index is 560. The van der Waals surface area contributed by atoms with E-state index in [9.17, 15) is 0 Å². The monoisotopic (exact) mass is 283 g/mol. The van der Waals surface area contributed by atoms with Crippen molar-refractivity contribution in [3.8, 4) is 5.75 Å². The van der Waals surface area contributed by atoms with Crippen molar-refractivity contribution < 1.29 is 4.74 Å². The van der Waals surface area contributed by atoms with Gasteiger partial charge in [0, 0.05) is 6.04 Å². The van der Waals surface area contributed by atoms with E-state index < -0.39 is 0 Å². The van der Waals surface area contributed by atoms with Crippen molar-refractivity contribution in [2.75, 3.05) is 5.32 Å². The van der Waals surface area contributed by atoms with Crippen molar-refractivity contribution in [3.05, 3.63) is 59.7 Å². The molecule has 0 aliphatic heterocycles. The third-order valence-electron chi connectivity index (χ3n) is 3.51. The van der Waals surface area contributed by atoms with E-state index in [0.717, 1.165) is 17.9 Å². The molecule has 0 heterocycles. The summed E-state index contributed by atoms with van der Waals surface area (Å²) in [5.74, 6) is 0.907. The second-order valence-corrected chi connectivity index (χ2v) is 5.62.